The molecule has 1 aliphatic heterocycles. The summed E-state index contributed by atoms with van der Waals surface area (Å²) in [6, 6.07) is 18.0. The van der Waals surface area contributed by atoms with E-state index < -0.39 is 0 Å². The van der Waals surface area contributed by atoms with E-state index in [-0.39, 0.29) is 5.91 Å². The number of anilines is 2. The molecule has 22 heavy (non-hydrogen) atoms. The molecule has 3 N–H and O–H groups in total. The van der Waals surface area contributed by atoms with Gasteiger partial charge in [-0.3, -0.25) is 10.2 Å². The molecule has 3 rings (SSSR count). The number of hydrogen-bond donors (Lipinski definition) is 2. The van der Waals surface area contributed by atoms with Gasteiger partial charge in [0, 0.05) is 43.1 Å². The predicted octanol–water partition coefficient (Wildman–Crippen LogP) is 1.62. The molecule has 1 fully saturated rings. The Labute approximate surface area is 130 Å². The van der Waals surface area contributed by atoms with E-state index in [4.69, 9.17) is 5.84 Å². The van der Waals surface area contributed by atoms with Crippen molar-refractivity contribution in [3.05, 3.63) is 60.2 Å². The molecule has 1 amide bonds. The molecular weight excluding hydrogens is 276 g/mol. The van der Waals surface area contributed by atoms with Crippen LogP contribution in [0.4, 0.5) is 11.4 Å². The first-order valence-electron chi connectivity index (χ1n) is 7.44. The van der Waals surface area contributed by atoms with Crippen LogP contribution in [-0.4, -0.2) is 32.1 Å². The van der Waals surface area contributed by atoms with E-state index >= 15 is 0 Å². The van der Waals surface area contributed by atoms with Gasteiger partial charge in [0.1, 0.15) is 0 Å². The minimum Gasteiger partial charge on any atom is -0.368 e. The highest BCUT2D eigenvalue weighted by molar-refractivity contribution is 5.94. The monoisotopic (exact) mass is 296 g/mol. The first-order valence-corrected chi connectivity index (χ1v) is 7.44. The van der Waals surface area contributed by atoms with Crippen LogP contribution in [-0.2, 0) is 0 Å². The number of carbonyl (C=O) groups is 1. The average Bonchev–Trinajstić information content (AvgIpc) is 2.62. The van der Waals surface area contributed by atoms with E-state index in [2.05, 4.69) is 39.5 Å². The van der Waals surface area contributed by atoms with Crippen LogP contribution in [0, 0.1) is 0 Å². The van der Waals surface area contributed by atoms with Crippen molar-refractivity contribution in [2.45, 2.75) is 0 Å². The molecule has 5 nitrogen and oxygen atoms in total. The number of hydrogen-bond acceptors (Lipinski definition) is 4. The molecule has 0 aliphatic carbocycles. The predicted molar refractivity (Wildman–Crippen MR) is 89.0 cm³/mol. The van der Waals surface area contributed by atoms with Gasteiger partial charge < -0.3 is 9.80 Å². The SMILES string of the molecule is NNC(=O)c1ccc(N2CCN(c3ccccc3)CC2)cc1. The minimum absolute atomic E-state index is 0.263. The van der Waals surface area contributed by atoms with Gasteiger partial charge in [-0.05, 0) is 36.4 Å². The number of nitrogens with one attached hydrogen (secondary N) is 1. The van der Waals surface area contributed by atoms with Crippen molar-refractivity contribution < 1.29 is 4.79 Å². The Hall–Kier alpha value is -2.53. The molecule has 1 saturated heterocycles. The first-order chi connectivity index (χ1) is 10.8. The summed E-state index contributed by atoms with van der Waals surface area (Å²) >= 11 is 0. The summed E-state index contributed by atoms with van der Waals surface area (Å²) in [5.41, 5.74) is 5.14. The van der Waals surface area contributed by atoms with Crippen LogP contribution in [0.1, 0.15) is 10.4 Å². The molecule has 2 aromatic carbocycles. The third kappa shape index (κ3) is 3.04. The number of nitrogens with two attached hydrogens (primary N) is 1. The quantitative estimate of drug-likeness (QED) is 0.513. The Bertz CT molecular complexity index is 619. The molecule has 114 valence electrons. The normalized spacial score (nSPS) is 14.8. The molecule has 1 heterocycles. The standard InChI is InChI=1S/C17H20N4O/c18-19-17(22)14-6-8-16(9-7-14)21-12-10-20(11-13-21)15-4-2-1-3-5-15/h1-9H,10-13,18H2,(H,19,22). The Balaban J connectivity index is 1.63. The Morgan fingerprint density at radius 3 is 1.82 bits per heavy atom. The van der Waals surface area contributed by atoms with E-state index in [1.54, 1.807) is 12.1 Å². The van der Waals surface area contributed by atoms with Gasteiger partial charge in [-0.1, -0.05) is 18.2 Å². The van der Waals surface area contributed by atoms with Gasteiger partial charge in [0.2, 0.25) is 0 Å². The number of piperazine rings is 1. The molecule has 0 unspecified atom stereocenters. The van der Waals surface area contributed by atoms with Crippen LogP contribution in [0.2, 0.25) is 0 Å². The maximum absolute atomic E-state index is 11.4. The second-order valence-electron chi connectivity index (χ2n) is 5.33. The fourth-order valence-corrected chi connectivity index (χ4v) is 2.77. The lowest BCUT2D eigenvalue weighted by molar-refractivity contribution is 0.0953. The Morgan fingerprint density at radius 2 is 1.32 bits per heavy atom. The van der Waals surface area contributed by atoms with Crippen molar-refractivity contribution in [3.8, 4) is 0 Å². The molecule has 0 bridgehead atoms. The summed E-state index contributed by atoms with van der Waals surface area (Å²) in [6.45, 7) is 3.93. The number of amides is 1. The number of nitrogens with zero attached hydrogens (tertiary/aromatic N) is 2. The topological polar surface area (TPSA) is 61.6 Å². The van der Waals surface area contributed by atoms with Gasteiger partial charge in [-0.2, -0.15) is 0 Å². The van der Waals surface area contributed by atoms with Crippen LogP contribution in [0.15, 0.2) is 54.6 Å². The van der Waals surface area contributed by atoms with Crippen molar-refractivity contribution in [2.24, 2.45) is 5.84 Å². The van der Waals surface area contributed by atoms with Crippen LogP contribution < -0.4 is 21.1 Å². The number of benzene rings is 2. The minimum atomic E-state index is -0.263. The van der Waals surface area contributed by atoms with Gasteiger partial charge >= 0.3 is 0 Å². The second-order valence-corrected chi connectivity index (χ2v) is 5.33. The highest BCUT2D eigenvalue weighted by Crippen LogP contribution is 2.20. The average molecular weight is 296 g/mol. The number of nitrogen functional groups attached to an aromatic ring is 1. The zero-order chi connectivity index (χ0) is 15.4. The van der Waals surface area contributed by atoms with Gasteiger partial charge in [0.25, 0.3) is 5.91 Å². The van der Waals surface area contributed by atoms with Crippen molar-refractivity contribution in [1.82, 2.24) is 5.43 Å². The number of hydrazine groups is 1. The third-order valence-electron chi connectivity index (χ3n) is 4.03. The van der Waals surface area contributed by atoms with E-state index in [0.717, 1.165) is 31.9 Å². The molecule has 1 aliphatic rings. The highest BCUT2D eigenvalue weighted by Gasteiger charge is 2.17. The lowest BCUT2D eigenvalue weighted by atomic mass is 10.1. The molecule has 5 heteroatoms. The Kier molecular flexibility index (Phi) is 4.25. The maximum atomic E-state index is 11.4. The number of rotatable bonds is 3. The second kappa shape index (κ2) is 6.49. The maximum Gasteiger partial charge on any atom is 0.265 e. The fourth-order valence-electron chi connectivity index (χ4n) is 2.77. The third-order valence-corrected chi connectivity index (χ3v) is 4.03. The van der Waals surface area contributed by atoms with E-state index in [1.807, 2.05) is 18.2 Å². The highest BCUT2D eigenvalue weighted by atomic mass is 16.2. The summed E-state index contributed by atoms with van der Waals surface area (Å²) in [5, 5.41) is 0. The number of para-hydroxylation sites is 1. The van der Waals surface area contributed by atoms with Gasteiger partial charge in [0.05, 0.1) is 0 Å². The van der Waals surface area contributed by atoms with Crippen molar-refractivity contribution >= 4 is 17.3 Å². The zero-order valence-corrected chi connectivity index (χ0v) is 12.4. The van der Waals surface area contributed by atoms with Gasteiger partial charge in [-0.25, -0.2) is 5.84 Å². The van der Waals surface area contributed by atoms with E-state index in [1.165, 1.54) is 5.69 Å². The summed E-state index contributed by atoms with van der Waals surface area (Å²) in [4.78, 5) is 16.2. The van der Waals surface area contributed by atoms with Gasteiger partial charge in [-0.15, -0.1) is 0 Å². The summed E-state index contributed by atoms with van der Waals surface area (Å²) < 4.78 is 0. The van der Waals surface area contributed by atoms with Crippen LogP contribution in [0.5, 0.6) is 0 Å². The largest absolute Gasteiger partial charge is 0.368 e. The molecule has 0 aromatic heterocycles. The smallest absolute Gasteiger partial charge is 0.265 e. The Morgan fingerprint density at radius 1 is 0.818 bits per heavy atom. The van der Waals surface area contributed by atoms with Crippen molar-refractivity contribution in [1.29, 1.82) is 0 Å². The van der Waals surface area contributed by atoms with Crippen LogP contribution in [0.25, 0.3) is 0 Å². The molecule has 0 atom stereocenters. The first kappa shape index (κ1) is 14.4. The summed E-state index contributed by atoms with van der Waals surface area (Å²) in [7, 11) is 0. The molecule has 0 spiro atoms. The van der Waals surface area contributed by atoms with Crippen LogP contribution >= 0.6 is 0 Å². The molecule has 2 aromatic rings. The van der Waals surface area contributed by atoms with Crippen LogP contribution in [0.3, 0.4) is 0 Å². The number of carbonyl (C=O) groups excluding carboxylic acids is 1. The lowest BCUT2D eigenvalue weighted by Gasteiger charge is -2.37. The fraction of sp³-hybridized carbons (Fsp3) is 0.235. The summed E-state index contributed by atoms with van der Waals surface area (Å²) in [6.07, 6.45) is 0. The molecule has 0 radical (unpaired) electrons. The molecular formula is C17H20N4O. The van der Waals surface area contributed by atoms with Crippen molar-refractivity contribution in [3.63, 3.8) is 0 Å². The molecule has 0 saturated carbocycles. The zero-order valence-electron chi connectivity index (χ0n) is 12.4. The van der Waals surface area contributed by atoms with Crippen molar-refractivity contribution in [2.75, 3.05) is 36.0 Å². The van der Waals surface area contributed by atoms with E-state index in [0.29, 0.717) is 5.56 Å². The lowest BCUT2D eigenvalue weighted by Crippen LogP contribution is -2.46. The van der Waals surface area contributed by atoms with Gasteiger partial charge in [0.15, 0.2) is 0 Å². The summed E-state index contributed by atoms with van der Waals surface area (Å²) in [5.74, 6) is 4.88. The van der Waals surface area contributed by atoms with E-state index in [9.17, 15) is 4.79 Å².